The number of aromatic nitrogens is 1. The number of para-hydroxylation sites is 1. The number of sulfonamides is 1. The summed E-state index contributed by atoms with van der Waals surface area (Å²) in [7, 11) is -3.64. The van der Waals surface area contributed by atoms with Crippen LogP contribution in [0.5, 0.6) is 5.75 Å². The van der Waals surface area contributed by atoms with E-state index in [2.05, 4.69) is 9.71 Å². The topological polar surface area (TPSA) is 91.4 Å². The number of halogens is 3. The van der Waals surface area contributed by atoms with Gasteiger partial charge in [0, 0.05) is 10.9 Å². The number of aliphatic hydroxyl groups is 1. The minimum Gasteiger partial charge on any atom is -0.494 e. The van der Waals surface area contributed by atoms with Gasteiger partial charge in [-0.25, -0.2) is 8.42 Å². The van der Waals surface area contributed by atoms with Crippen molar-refractivity contribution in [2.45, 2.75) is 25.2 Å². The first kappa shape index (κ1) is 22.1. The standard InChI is InChI=1S/C20H21F3N2O4S/c1-30(27,28)25-19(26)18-16(15-8-2-3-10-17(15)24-18)9-5-11-29-14-7-4-6-13(12-14)20(21,22)23/h2-4,6-8,10,12,19,24-26H,5,9,11H2,1H3. The van der Waals surface area contributed by atoms with Gasteiger partial charge in [0.25, 0.3) is 0 Å². The van der Waals surface area contributed by atoms with Gasteiger partial charge in [-0.1, -0.05) is 24.3 Å². The summed E-state index contributed by atoms with van der Waals surface area (Å²) in [6.45, 7) is 0.149. The predicted octanol–water partition coefficient (Wildman–Crippen LogP) is 3.74. The second-order valence-corrected chi connectivity index (χ2v) is 8.61. The van der Waals surface area contributed by atoms with E-state index in [1.54, 1.807) is 12.1 Å². The van der Waals surface area contributed by atoms with Gasteiger partial charge in [-0.05, 0) is 42.7 Å². The summed E-state index contributed by atoms with van der Waals surface area (Å²) in [4.78, 5) is 3.03. The number of aryl methyl sites for hydroxylation is 1. The van der Waals surface area contributed by atoms with Gasteiger partial charge in [0.1, 0.15) is 5.75 Å². The highest BCUT2D eigenvalue weighted by Crippen LogP contribution is 2.31. The minimum atomic E-state index is -4.44. The van der Waals surface area contributed by atoms with Gasteiger partial charge in [0.15, 0.2) is 6.23 Å². The second kappa shape index (κ2) is 8.66. The fourth-order valence-electron chi connectivity index (χ4n) is 3.19. The molecule has 1 heterocycles. The molecule has 0 amide bonds. The highest BCUT2D eigenvalue weighted by atomic mass is 32.2. The Balaban J connectivity index is 1.72. The quantitative estimate of drug-likeness (QED) is 0.366. The summed E-state index contributed by atoms with van der Waals surface area (Å²) >= 11 is 0. The molecule has 1 atom stereocenters. The minimum absolute atomic E-state index is 0.114. The molecule has 1 aromatic heterocycles. The molecule has 3 rings (SSSR count). The molecule has 3 N–H and O–H groups in total. The van der Waals surface area contributed by atoms with Crippen molar-refractivity contribution in [2.24, 2.45) is 0 Å². The van der Waals surface area contributed by atoms with Crippen LogP contribution in [-0.2, 0) is 22.6 Å². The van der Waals surface area contributed by atoms with E-state index in [1.165, 1.54) is 12.1 Å². The van der Waals surface area contributed by atoms with Crippen LogP contribution in [-0.4, -0.2) is 31.4 Å². The fraction of sp³-hybridized carbons (Fsp3) is 0.300. The molecule has 30 heavy (non-hydrogen) atoms. The maximum Gasteiger partial charge on any atom is 0.416 e. The second-order valence-electron chi connectivity index (χ2n) is 6.83. The highest BCUT2D eigenvalue weighted by Gasteiger charge is 2.30. The van der Waals surface area contributed by atoms with Gasteiger partial charge in [-0.2, -0.15) is 17.9 Å². The smallest absolute Gasteiger partial charge is 0.416 e. The van der Waals surface area contributed by atoms with Crippen molar-refractivity contribution in [2.75, 3.05) is 12.9 Å². The number of hydrogen-bond donors (Lipinski definition) is 3. The van der Waals surface area contributed by atoms with E-state index in [0.29, 0.717) is 24.1 Å². The van der Waals surface area contributed by atoms with E-state index in [-0.39, 0.29) is 12.4 Å². The van der Waals surface area contributed by atoms with E-state index in [9.17, 15) is 26.7 Å². The van der Waals surface area contributed by atoms with Crippen molar-refractivity contribution < 1.29 is 31.4 Å². The normalized spacial score (nSPS) is 13.5. The number of ether oxygens (including phenoxy) is 1. The number of hydrogen-bond acceptors (Lipinski definition) is 4. The van der Waals surface area contributed by atoms with Crippen LogP contribution >= 0.6 is 0 Å². The number of rotatable bonds is 8. The number of aliphatic hydroxyl groups excluding tert-OH is 1. The van der Waals surface area contributed by atoms with Gasteiger partial charge in [-0.3, -0.25) is 0 Å². The van der Waals surface area contributed by atoms with Gasteiger partial charge < -0.3 is 14.8 Å². The molecule has 0 fully saturated rings. The lowest BCUT2D eigenvalue weighted by molar-refractivity contribution is -0.137. The summed E-state index contributed by atoms with van der Waals surface area (Å²) < 4.78 is 68.9. The first-order valence-corrected chi connectivity index (χ1v) is 11.0. The Kier molecular flexibility index (Phi) is 6.39. The van der Waals surface area contributed by atoms with Crippen LogP contribution < -0.4 is 9.46 Å². The maximum absolute atomic E-state index is 12.8. The first-order chi connectivity index (χ1) is 14.0. The molecule has 162 valence electrons. The number of nitrogens with one attached hydrogen (secondary N) is 2. The van der Waals surface area contributed by atoms with Crippen LogP contribution in [0.4, 0.5) is 13.2 Å². The van der Waals surface area contributed by atoms with E-state index < -0.39 is 28.0 Å². The van der Waals surface area contributed by atoms with Crippen molar-refractivity contribution in [1.82, 2.24) is 9.71 Å². The van der Waals surface area contributed by atoms with Crippen molar-refractivity contribution in [3.63, 3.8) is 0 Å². The van der Waals surface area contributed by atoms with E-state index in [4.69, 9.17) is 4.74 Å². The Bertz CT molecular complexity index is 1130. The molecule has 0 saturated heterocycles. The third-order valence-electron chi connectivity index (χ3n) is 4.45. The zero-order chi connectivity index (χ0) is 21.9. The molecule has 0 bridgehead atoms. The maximum atomic E-state index is 12.8. The Hall–Kier alpha value is -2.56. The molecule has 2 aromatic carbocycles. The number of alkyl halides is 3. The molecule has 0 aliphatic carbocycles. The molecule has 6 nitrogen and oxygen atoms in total. The average Bonchev–Trinajstić information content (AvgIpc) is 3.02. The van der Waals surface area contributed by atoms with E-state index in [1.807, 2.05) is 12.1 Å². The van der Waals surface area contributed by atoms with Gasteiger partial charge in [-0.15, -0.1) is 0 Å². The van der Waals surface area contributed by atoms with Crippen LogP contribution in [0.1, 0.15) is 29.5 Å². The summed E-state index contributed by atoms with van der Waals surface area (Å²) in [5.74, 6) is 0.114. The summed E-state index contributed by atoms with van der Waals surface area (Å²) in [5.41, 5.74) is 0.979. The number of benzene rings is 2. The molecular formula is C20H21F3N2O4S. The van der Waals surface area contributed by atoms with E-state index in [0.717, 1.165) is 29.3 Å². The van der Waals surface area contributed by atoms with Gasteiger partial charge >= 0.3 is 6.18 Å². The van der Waals surface area contributed by atoms with Crippen LogP contribution in [0.25, 0.3) is 10.9 Å². The predicted molar refractivity (Wildman–Crippen MR) is 106 cm³/mol. The molecule has 1 unspecified atom stereocenters. The summed E-state index contributed by atoms with van der Waals surface area (Å²) in [5, 5.41) is 11.1. The monoisotopic (exact) mass is 442 g/mol. The number of aromatic amines is 1. The molecule has 0 spiro atoms. The van der Waals surface area contributed by atoms with Crippen molar-refractivity contribution >= 4 is 20.9 Å². The lowest BCUT2D eigenvalue weighted by Gasteiger charge is -2.13. The van der Waals surface area contributed by atoms with Crippen molar-refractivity contribution in [1.29, 1.82) is 0 Å². The summed E-state index contributed by atoms with van der Waals surface area (Å²) in [6.07, 6.45) is -4.09. The Morgan fingerprint density at radius 1 is 1.17 bits per heavy atom. The Labute approximate surface area is 171 Å². The number of H-pyrrole nitrogens is 1. The molecule has 0 aliphatic rings. The zero-order valence-corrected chi connectivity index (χ0v) is 16.8. The molecular weight excluding hydrogens is 421 g/mol. The largest absolute Gasteiger partial charge is 0.494 e. The van der Waals surface area contributed by atoms with E-state index >= 15 is 0 Å². The van der Waals surface area contributed by atoms with Crippen LogP contribution in [0.3, 0.4) is 0 Å². The molecule has 3 aromatic rings. The Morgan fingerprint density at radius 3 is 2.60 bits per heavy atom. The lowest BCUT2D eigenvalue weighted by Crippen LogP contribution is -2.28. The van der Waals surface area contributed by atoms with Crippen LogP contribution in [0.15, 0.2) is 48.5 Å². The number of fused-ring (bicyclic) bond motifs is 1. The average molecular weight is 442 g/mol. The van der Waals surface area contributed by atoms with Gasteiger partial charge in [0.05, 0.1) is 24.1 Å². The Morgan fingerprint density at radius 2 is 1.90 bits per heavy atom. The zero-order valence-electron chi connectivity index (χ0n) is 16.0. The molecule has 0 saturated carbocycles. The molecule has 10 heteroatoms. The van der Waals surface area contributed by atoms with Crippen LogP contribution in [0, 0.1) is 0 Å². The fourth-order valence-corrected chi connectivity index (χ4v) is 3.71. The lowest BCUT2D eigenvalue weighted by atomic mass is 10.1. The third kappa shape index (κ3) is 5.53. The van der Waals surface area contributed by atoms with Gasteiger partial charge in [0.2, 0.25) is 10.0 Å². The highest BCUT2D eigenvalue weighted by molar-refractivity contribution is 7.88. The summed E-state index contributed by atoms with van der Waals surface area (Å²) in [6, 6.07) is 11.9. The van der Waals surface area contributed by atoms with Crippen molar-refractivity contribution in [3.8, 4) is 5.75 Å². The van der Waals surface area contributed by atoms with Crippen LogP contribution in [0.2, 0.25) is 0 Å². The molecule has 0 radical (unpaired) electrons. The van der Waals surface area contributed by atoms with Crippen molar-refractivity contribution in [3.05, 3.63) is 65.4 Å². The SMILES string of the molecule is CS(=O)(=O)NC(O)c1[nH]c2ccccc2c1CCCOc1cccc(C(F)(F)F)c1. The molecule has 0 aliphatic heterocycles. The first-order valence-electron chi connectivity index (χ1n) is 9.09. The third-order valence-corrected chi connectivity index (χ3v) is 5.10.